The first-order chi connectivity index (χ1) is 5.84. The zero-order valence-electron chi connectivity index (χ0n) is 7.25. The van der Waals surface area contributed by atoms with Crippen LogP contribution in [0.4, 0.5) is 0 Å². The molecule has 0 unspecified atom stereocenters. The molecular formula is C8H14O2S2. The fourth-order valence-electron chi connectivity index (χ4n) is 0.895. The second-order valence-corrected chi connectivity index (χ2v) is 5.32. The first kappa shape index (κ1) is 10.3. The van der Waals surface area contributed by atoms with Gasteiger partial charge in [-0.1, -0.05) is 6.92 Å². The molecule has 1 aliphatic rings. The van der Waals surface area contributed by atoms with Gasteiger partial charge < -0.3 is 4.74 Å². The van der Waals surface area contributed by atoms with Gasteiger partial charge in [-0.25, -0.2) is 4.79 Å². The Kier molecular flexibility index (Phi) is 4.92. The number of rotatable bonds is 3. The largest absolute Gasteiger partial charge is 0.464 e. The van der Waals surface area contributed by atoms with Crippen LogP contribution in [0.1, 0.15) is 19.8 Å². The highest BCUT2D eigenvalue weighted by molar-refractivity contribution is 8.18. The quantitative estimate of drug-likeness (QED) is 0.661. The lowest BCUT2D eigenvalue weighted by Crippen LogP contribution is -2.21. The summed E-state index contributed by atoms with van der Waals surface area (Å²) >= 11 is 3.42. The Bertz CT molecular complexity index is 144. The van der Waals surface area contributed by atoms with E-state index in [-0.39, 0.29) is 10.6 Å². The first-order valence-corrected chi connectivity index (χ1v) is 6.34. The molecule has 0 bridgehead atoms. The van der Waals surface area contributed by atoms with E-state index < -0.39 is 0 Å². The van der Waals surface area contributed by atoms with E-state index in [9.17, 15) is 4.79 Å². The molecule has 0 amide bonds. The van der Waals surface area contributed by atoms with Crippen molar-refractivity contribution in [1.82, 2.24) is 0 Å². The summed E-state index contributed by atoms with van der Waals surface area (Å²) in [7, 11) is 0. The van der Waals surface area contributed by atoms with E-state index in [0.29, 0.717) is 6.61 Å². The van der Waals surface area contributed by atoms with Gasteiger partial charge >= 0.3 is 5.97 Å². The van der Waals surface area contributed by atoms with Gasteiger partial charge in [0.2, 0.25) is 0 Å². The van der Waals surface area contributed by atoms with Crippen molar-refractivity contribution in [3.63, 3.8) is 0 Å². The monoisotopic (exact) mass is 206 g/mol. The normalized spacial score (nSPS) is 19.1. The van der Waals surface area contributed by atoms with Crippen molar-refractivity contribution in [2.75, 3.05) is 18.1 Å². The fourth-order valence-corrected chi connectivity index (χ4v) is 3.50. The zero-order chi connectivity index (χ0) is 8.81. The average Bonchev–Trinajstić information content (AvgIpc) is 2.15. The van der Waals surface area contributed by atoms with E-state index in [1.807, 2.05) is 6.92 Å². The summed E-state index contributed by atoms with van der Waals surface area (Å²) in [6, 6.07) is 0. The van der Waals surface area contributed by atoms with Gasteiger partial charge in [0.15, 0.2) is 0 Å². The van der Waals surface area contributed by atoms with Gasteiger partial charge in [-0.05, 0) is 24.3 Å². The Balaban J connectivity index is 2.20. The maximum Gasteiger partial charge on any atom is 0.329 e. The molecule has 0 spiro atoms. The molecule has 1 rings (SSSR count). The summed E-state index contributed by atoms with van der Waals surface area (Å²) in [6.45, 7) is 2.57. The second-order valence-electron chi connectivity index (χ2n) is 2.59. The minimum Gasteiger partial charge on any atom is -0.464 e. The molecule has 0 N–H and O–H groups in total. The van der Waals surface area contributed by atoms with Crippen LogP contribution in [-0.4, -0.2) is 28.7 Å². The molecule has 2 nitrogen and oxygen atoms in total. The van der Waals surface area contributed by atoms with Gasteiger partial charge in [0.1, 0.15) is 4.58 Å². The van der Waals surface area contributed by atoms with E-state index in [4.69, 9.17) is 4.74 Å². The molecule has 0 aromatic rings. The lowest BCUT2D eigenvalue weighted by atomic mass is 10.5. The summed E-state index contributed by atoms with van der Waals surface area (Å²) in [5.41, 5.74) is 0. The van der Waals surface area contributed by atoms with Crippen molar-refractivity contribution >= 4 is 29.5 Å². The second kappa shape index (κ2) is 5.75. The molecule has 0 atom stereocenters. The van der Waals surface area contributed by atoms with E-state index in [1.165, 1.54) is 6.42 Å². The van der Waals surface area contributed by atoms with Crippen LogP contribution in [0.25, 0.3) is 0 Å². The average molecular weight is 206 g/mol. The Hall–Kier alpha value is 0.170. The van der Waals surface area contributed by atoms with Crippen LogP contribution in [0, 0.1) is 0 Å². The molecule has 1 aliphatic heterocycles. The summed E-state index contributed by atoms with van der Waals surface area (Å²) < 4.78 is 5.10. The van der Waals surface area contributed by atoms with E-state index >= 15 is 0 Å². The molecule has 70 valence electrons. The molecule has 1 heterocycles. The van der Waals surface area contributed by atoms with Crippen molar-refractivity contribution < 1.29 is 9.53 Å². The molecule has 0 aromatic heterocycles. The summed E-state index contributed by atoms with van der Waals surface area (Å²) in [5.74, 6) is 2.16. The highest BCUT2D eigenvalue weighted by Gasteiger charge is 2.23. The molecular weight excluding hydrogens is 192 g/mol. The van der Waals surface area contributed by atoms with E-state index in [2.05, 4.69) is 0 Å². The predicted molar refractivity (Wildman–Crippen MR) is 54.6 cm³/mol. The van der Waals surface area contributed by atoms with Gasteiger partial charge in [-0.15, -0.1) is 23.5 Å². The molecule has 12 heavy (non-hydrogen) atoms. The summed E-state index contributed by atoms with van der Waals surface area (Å²) in [6.07, 6.45) is 2.13. The maximum atomic E-state index is 11.3. The maximum absolute atomic E-state index is 11.3. The van der Waals surface area contributed by atoms with Crippen molar-refractivity contribution in [3.8, 4) is 0 Å². The van der Waals surface area contributed by atoms with Crippen LogP contribution in [-0.2, 0) is 9.53 Å². The Morgan fingerprint density at radius 3 is 2.75 bits per heavy atom. The number of esters is 1. The van der Waals surface area contributed by atoms with Crippen molar-refractivity contribution in [2.45, 2.75) is 24.3 Å². The highest BCUT2D eigenvalue weighted by atomic mass is 32.2. The SMILES string of the molecule is CCCOC(=O)C1SCCCS1. The highest BCUT2D eigenvalue weighted by Crippen LogP contribution is 2.31. The molecule has 1 fully saturated rings. The van der Waals surface area contributed by atoms with Crippen molar-refractivity contribution in [1.29, 1.82) is 0 Å². The predicted octanol–water partition coefficient (Wildman–Crippen LogP) is 2.14. The van der Waals surface area contributed by atoms with Crippen LogP contribution < -0.4 is 0 Å². The molecule has 1 saturated heterocycles. The Labute approximate surface area is 81.8 Å². The van der Waals surface area contributed by atoms with Gasteiger partial charge in [0, 0.05) is 0 Å². The van der Waals surface area contributed by atoms with Crippen molar-refractivity contribution in [2.24, 2.45) is 0 Å². The van der Waals surface area contributed by atoms with Crippen molar-refractivity contribution in [3.05, 3.63) is 0 Å². The molecule has 4 heteroatoms. The topological polar surface area (TPSA) is 26.3 Å². The third-order valence-corrected chi connectivity index (χ3v) is 4.32. The molecule has 0 saturated carbocycles. The molecule has 0 aliphatic carbocycles. The van der Waals surface area contributed by atoms with E-state index in [0.717, 1.165) is 17.9 Å². The van der Waals surface area contributed by atoms with E-state index in [1.54, 1.807) is 23.5 Å². The Morgan fingerprint density at radius 1 is 1.50 bits per heavy atom. The third-order valence-electron chi connectivity index (χ3n) is 1.47. The van der Waals surface area contributed by atoms with Crippen LogP contribution in [0.2, 0.25) is 0 Å². The number of ether oxygens (including phenoxy) is 1. The van der Waals surface area contributed by atoms with Crippen LogP contribution in [0.5, 0.6) is 0 Å². The van der Waals surface area contributed by atoms with Crippen LogP contribution >= 0.6 is 23.5 Å². The van der Waals surface area contributed by atoms with Crippen LogP contribution in [0.15, 0.2) is 0 Å². The number of carbonyl (C=O) groups excluding carboxylic acids is 1. The summed E-state index contributed by atoms with van der Waals surface area (Å²) in [5, 5.41) is 0. The summed E-state index contributed by atoms with van der Waals surface area (Å²) in [4.78, 5) is 11.3. The molecule has 0 radical (unpaired) electrons. The van der Waals surface area contributed by atoms with Gasteiger partial charge in [0.05, 0.1) is 6.61 Å². The fraction of sp³-hybridized carbons (Fsp3) is 0.875. The van der Waals surface area contributed by atoms with Gasteiger partial charge in [0.25, 0.3) is 0 Å². The smallest absolute Gasteiger partial charge is 0.329 e. The Morgan fingerprint density at radius 2 is 2.17 bits per heavy atom. The van der Waals surface area contributed by atoms with Gasteiger partial charge in [-0.2, -0.15) is 0 Å². The number of hydrogen-bond donors (Lipinski definition) is 0. The third kappa shape index (κ3) is 3.27. The minimum absolute atomic E-state index is 0.0356. The number of hydrogen-bond acceptors (Lipinski definition) is 4. The molecule has 0 aromatic carbocycles. The number of carbonyl (C=O) groups is 1. The standard InChI is InChI=1S/C8H14O2S2/c1-2-4-10-7(9)8-11-5-3-6-12-8/h8H,2-6H2,1H3. The lowest BCUT2D eigenvalue weighted by Gasteiger charge is -2.18. The van der Waals surface area contributed by atoms with Gasteiger partial charge in [-0.3, -0.25) is 0 Å². The zero-order valence-corrected chi connectivity index (χ0v) is 8.88. The van der Waals surface area contributed by atoms with Crippen LogP contribution in [0.3, 0.4) is 0 Å². The number of thioether (sulfide) groups is 2. The minimum atomic E-state index is -0.0356. The lowest BCUT2D eigenvalue weighted by molar-refractivity contribution is -0.141. The first-order valence-electron chi connectivity index (χ1n) is 4.24.